The van der Waals surface area contributed by atoms with Gasteiger partial charge in [-0.05, 0) is 61.3 Å². The van der Waals surface area contributed by atoms with Gasteiger partial charge < -0.3 is 20.3 Å². The van der Waals surface area contributed by atoms with Gasteiger partial charge in [-0.15, -0.1) is 0 Å². The van der Waals surface area contributed by atoms with Crippen molar-refractivity contribution < 1.29 is 9.53 Å². The number of anilines is 1. The summed E-state index contributed by atoms with van der Waals surface area (Å²) < 4.78 is 5.79. The predicted molar refractivity (Wildman–Crippen MR) is 121 cm³/mol. The quantitative estimate of drug-likeness (QED) is 0.779. The zero-order valence-electron chi connectivity index (χ0n) is 18.4. The van der Waals surface area contributed by atoms with Crippen LogP contribution in [-0.4, -0.2) is 32.1 Å². The van der Waals surface area contributed by atoms with E-state index in [0.29, 0.717) is 18.0 Å². The third kappa shape index (κ3) is 2.94. The lowest BCUT2D eigenvalue weighted by molar-refractivity contribution is -0.119. The second-order valence-electron chi connectivity index (χ2n) is 9.80. The standard InChI is InChI=1S/C26H31N3O2/c1-29-22-12-16(23(31-2)14-20(22)19-13-21(19)25(29)30)15-27-24-9-8-18-10-11-26(24,28-18)17-6-4-3-5-7-17/h3-7,12,14,18-19,21,24,27-28H,8-11,13,15H2,1-2H3/t18?,19-,21-,24?,26?/m0/s1. The van der Waals surface area contributed by atoms with Crippen molar-refractivity contribution in [3.8, 4) is 5.75 Å². The van der Waals surface area contributed by atoms with Crippen LogP contribution in [0.25, 0.3) is 0 Å². The van der Waals surface area contributed by atoms with Gasteiger partial charge in [0, 0.05) is 42.8 Å². The first-order valence-electron chi connectivity index (χ1n) is 11.7. The van der Waals surface area contributed by atoms with Gasteiger partial charge in [0.1, 0.15) is 5.75 Å². The number of hydrogen-bond donors (Lipinski definition) is 2. The normalized spacial score (nSPS) is 33.1. The van der Waals surface area contributed by atoms with E-state index >= 15 is 0 Å². The summed E-state index contributed by atoms with van der Waals surface area (Å²) in [5.74, 6) is 1.76. The number of methoxy groups -OCH3 is 1. The first kappa shape index (κ1) is 19.3. The summed E-state index contributed by atoms with van der Waals surface area (Å²) in [4.78, 5) is 14.4. The lowest BCUT2D eigenvalue weighted by Gasteiger charge is -2.43. The third-order valence-electron chi connectivity index (χ3n) is 8.20. The smallest absolute Gasteiger partial charge is 0.230 e. The second-order valence-corrected chi connectivity index (χ2v) is 9.80. The van der Waals surface area contributed by atoms with Crippen LogP contribution in [0.5, 0.6) is 5.75 Å². The molecule has 2 bridgehead atoms. The average molecular weight is 418 g/mol. The number of piperidine rings is 1. The first-order valence-corrected chi connectivity index (χ1v) is 11.7. The van der Waals surface area contributed by atoms with E-state index in [0.717, 1.165) is 30.0 Å². The minimum Gasteiger partial charge on any atom is -0.496 e. The lowest BCUT2D eigenvalue weighted by atomic mass is 9.79. The van der Waals surface area contributed by atoms with E-state index in [2.05, 4.69) is 53.1 Å². The Kier molecular flexibility index (Phi) is 4.41. The van der Waals surface area contributed by atoms with E-state index in [9.17, 15) is 4.79 Å². The molecular weight excluding hydrogens is 386 g/mol. The van der Waals surface area contributed by atoms with E-state index in [1.54, 1.807) is 7.11 Å². The molecule has 3 aliphatic heterocycles. The molecule has 1 saturated carbocycles. The lowest BCUT2D eigenvalue weighted by Crippen LogP contribution is -2.58. The van der Waals surface area contributed by atoms with Crippen LogP contribution in [0.15, 0.2) is 42.5 Å². The topological polar surface area (TPSA) is 53.6 Å². The molecule has 5 atom stereocenters. The Morgan fingerprint density at radius 3 is 2.81 bits per heavy atom. The Hall–Kier alpha value is -2.37. The van der Waals surface area contributed by atoms with Gasteiger partial charge in [0.15, 0.2) is 0 Å². The number of fused-ring (bicyclic) bond motifs is 5. The number of carbonyl (C=O) groups excluding carboxylic acids is 1. The SMILES string of the molecule is COc1cc2c(cc1CNC1CCC3CCC1(c1ccccc1)N3)N(C)C(=O)[C@H]1C[C@@H]21. The zero-order chi connectivity index (χ0) is 21.2. The zero-order valence-corrected chi connectivity index (χ0v) is 18.4. The molecule has 1 aliphatic carbocycles. The molecule has 31 heavy (non-hydrogen) atoms. The minimum absolute atomic E-state index is 0.000386. The molecule has 1 amide bonds. The molecule has 5 heteroatoms. The number of nitrogens with zero attached hydrogens (tertiary/aromatic N) is 1. The number of rotatable bonds is 5. The Morgan fingerprint density at radius 2 is 2.00 bits per heavy atom. The molecule has 3 fully saturated rings. The number of benzene rings is 2. The Labute approximate surface area is 184 Å². The summed E-state index contributed by atoms with van der Waals surface area (Å²) in [7, 11) is 3.66. The van der Waals surface area contributed by atoms with Gasteiger partial charge in [-0.3, -0.25) is 4.79 Å². The number of nitrogens with one attached hydrogen (secondary N) is 2. The van der Waals surface area contributed by atoms with Gasteiger partial charge in [0.2, 0.25) is 5.91 Å². The molecule has 0 radical (unpaired) electrons. The monoisotopic (exact) mass is 417 g/mol. The summed E-state index contributed by atoms with van der Waals surface area (Å²) >= 11 is 0. The highest BCUT2D eigenvalue weighted by Crippen LogP contribution is 2.56. The number of amides is 1. The molecule has 2 saturated heterocycles. The average Bonchev–Trinajstić information content (AvgIpc) is 3.54. The fraction of sp³-hybridized carbons (Fsp3) is 0.500. The predicted octanol–water partition coefficient (Wildman–Crippen LogP) is 3.67. The highest BCUT2D eigenvalue weighted by molar-refractivity contribution is 6.01. The molecule has 4 aliphatic rings. The van der Waals surface area contributed by atoms with Gasteiger partial charge in [-0.25, -0.2) is 0 Å². The van der Waals surface area contributed by atoms with Crippen molar-refractivity contribution in [1.29, 1.82) is 0 Å². The van der Waals surface area contributed by atoms with Crippen molar-refractivity contribution in [2.24, 2.45) is 5.92 Å². The van der Waals surface area contributed by atoms with Gasteiger partial charge >= 0.3 is 0 Å². The summed E-state index contributed by atoms with van der Waals surface area (Å²) in [6.07, 6.45) is 5.77. The van der Waals surface area contributed by atoms with E-state index in [1.807, 2.05) is 11.9 Å². The fourth-order valence-electron chi connectivity index (χ4n) is 6.41. The maximum Gasteiger partial charge on any atom is 0.230 e. The van der Waals surface area contributed by atoms with Crippen LogP contribution in [0.2, 0.25) is 0 Å². The van der Waals surface area contributed by atoms with Crippen molar-refractivity contribution in [3.63, 3.8) is 0 Å². The highest BCUT2D eigenvalue weighted by Gasteiger charge is 2.51. The van der Waals surface area contributed by atoms with Crippen LogP contribution in [0.1, 0.15) is 54.7 Å². The van der Waals surface area contributed by atoms with Crippen LogP contribution in [-0.2, 0) is 16.9 Å². The maximum absolute atomic E-state index is 12.6. The van der Waals surface area contributed by atoms with Crippen molar-refractivity contribution in [3.05, 3.63) is 59.2 Å². The number of carbonyl (C=O) groups is 1. The van der Waals surface area contributed by atoms with E-state index in [1.165, 1.54) is 36.8 Å². The van der Waals surface area contributed by atoms with Gasteiger partial charge in [0.25, 0.3) is 0 Å². The summed E-state index contributed by atoms with van der Waals surface area (Å²) in [6.45, 7) is 0.734. The van der Waals surface area contributed by atoms with Crippen molar-refractivity contribution >= 4 is 11.6 Å². The van der Waals surface area contributed by atoms with Gasteiger partial charge in [-0.2, -0.15) is 0 Å². The summed E-state index contributed by atoms with van der Waals surface area (Å²) in [6, 6.07) is 16.3. The Balaban J connectivity index is 1.29. The van der Waals surface area contributed by atoms with Crippen molar-refractivity contribution in [2.75, 3.05) is 19.1 Å². The largest absolute Gasteiger partial charge is 0.496 e. The molecule has 162 valence electrons. The molecule has 3 heterocycles. The minimum atomic E-state index is -0.000386. The summed E-state index contributed by atoms with van der Waals surface area (Å²) in [5, 5.41) is 7.85. The van der Waals surface area contributed by atoms with Crippen molar-refractivity contribution in [1.82, 2.24) is 10.6 Å². The molecule has 2 N–H and O–H groups in total. The van der Waals surface area contributed by atoms with Gasteiger partial charge in [0.05, 0.1) is 12.6 Å². The van der Waals surface area contributed by atoms with Crippen LogP contribution in [0, 0.1) is 5.92 Å². The highest BCUT2D eigenvalue weighted by atomic mass is 16.5. The molecule has 2 aromatic rings. The molecule has 0 aromatic heterocycles. The molecule has 2 aromatic carbocycles. The molecular formula is C26H31N3O2. The Morgan fingerprint density at radius 1 is 1.16 bits per heavy atom. The second kappa shape index (κ2) is 7.07. The van der Waals surface area contributed by atoms with E-state index in [4.69, 9.17) is 4.74 Å². The third-order valence-corrected chi connectivity index (χ3v) is 8.20. The van der Waals surface area contributed by atoms with Crippen molar-refractivity contribution in [2.45, 2.75) is 62.2 Å². The first-order chi connectivity index (χ1) is 15.1. The molecule has 3 unspecified atom stereocenters. The van der Waals surface area contributed by atoms with Crippen LogP contribution < -0.4 is 20.3 Å². The van der Waals surface area contributed by atoms with Crippen LogP contribution >= 0.6 is 0 Å². The number of hydrogen-bond acceptors (Lipinski definition) is 4. The maximum atomic E-state index is 12.6. The Bertz CT molecular complexity index is 1020. The summed E-state index contributed by atoms with van der Waals surface area (Å²) in [5.41, 5.74) is 4.84. The van der Waals surface area contributed by atoms with Crippen LogP contribution in [0.4, 0.5) is 5.69 Å². The van der Waals surface area contributed by atoms with E-state index < -0.39 is 0 Å². The van der Waals surface area contributed by atoms with E-state index in [-0.39, 0.29) is 17.4 Å². The molecule has 5 nitrogen and oxygen atoms in total. The molecule has 0 spiro atoms. The van der Waals surface area contributed by atoms with Gasteiger partial charge in [-0.1, -0.05) is 30.3 Å². The molecule has 6 rings (SSSR count). The van der Waals surface area contributed by atoms with Crippen LogP contribution in [0.3, 0.4) is 0 Å². The number of ether oxygens (including phenoxy) is 1. The fourth-order valence-corrected chi connectivity index (χ4v) is 6.41.